The summed E-state index contributed by atoms with van der Waals surface area (Å²) in [5.74, 6) is -0.250. The van der Waals surface area contributed by atoms with Gasteiger partial charge in [0.1, 0.15) is 11.3 Å². The third kappa shape index (κ3) is 1.58. The lowest BCUT2D eigenvalue weighted by Gasteiger charge is -2.02. The number of hydrogen-bond donors (Lipinski definition) is 0. The van der Waals surface area contributed by atoms with Crippen LogP contribution in [0.1, 0.15) is 5.69 Å². The molecule has 0 bridgehead atoms. The molecule has 84 valence electrons. The van der Waals surface area contributed by atoms with Crippen molar-refractivity contribution in [2.75, 3.05) is 0 Å². The largest absolute Gasteiger partial charge is 0.253 e. The Morgan fingerprint density at radius 3 is 2.65 bits per heavy atom. The van der Waals surface area contributed by atoms with Crippen LogP contribution in [0.3, 0.4) is 0 Å². The fourth-order valence-corrected chi connectivity index (χ4v) is 1.88. The van der Waals surface area contributed by atoms with E-state index < -0.39 is 0 Å². The summed E-state index contributed by atoms with van der Waals surface area (Å²) in [6.07, 6.45) is 1.74. The quantitative estimate of drug-likeness (QED) is 0.640. The Labute approximate surface area is 97.5 Å². The monoisotopic (exact) mass is 227 g/mol. The van der Waals surface area contributed by atoms with Gasteiger partial charge in [-0.3, -0.25) is 4.98 Å². The average Bonchev–Trinajstić information content (AvgIpc) is 2.69. The normalized spacial score (nSPS) is 10.9. The number of halogens is 1. The van der Waals surface area contributed by atoms with Crippen molar-refractivity contribution in [3.8, 4) is 5.69 Å². The van der Waals surface area contributed by atoms with Crippen LogP contribution in [0.4, 0.5) is 4.39 Å². The molecule has 2 aromatic heterocycles. The summed E-state index contributed by atoms with van der Waals surface area (Å²) >= 11 is 0. The molecule has 0 amide bonds. The van der Waals surface area contributed by atoms with Crippen LogP contribution in [0.25, 0.3) is 16.7 Å². The molecule has 0 saturated carbocycles. The molecule has 3 nitrogen and oxygen atoms in total. The molecular formula is C13H10FN3. The van der Waals surface area contributed by atoms with Crippen LogP contribution >= 0.6 is 0 Å². The Bertz CT molecular complexity index is 671. The first-order valence-electron chi connectivity index (χ1n) is 5.32. The van der Waals surface area contributed by atoms with E-state index in [1.54, 1.807) is 23.0 Å². The van der Waals surface area contributed by atoms with Gasteiger partial charge >= 0.3 is 0 Å². The van der Waals surface area contributed by atoms with Gasteiger partial charge in [-0.15, -0.1) is 0 Å². The Balaban J connectivity index is 2.27. The number of aryl methyl sites for hydroxylation is 1. The molecule has 1 aromatic carbocycles. The molecule has 3 rings (SSSR count). The van der Waals surface area contributed by atoms with E-state index in [-0.39, 0.29) is 5.82 Å². The molecule has 3 aromatic rings. The van der Waals surface area contributed by atoms with Gasteiger partial charge in [-0.1, -0.05) is 0 Å². The molecule has 0 fully saturated rings. The molecule has 0 spiro atoms. The lowest BCUT2D eigenvalue weighted by atomic mass is 10.3. The summed E-state index contributed by atoms with van der Waals surface area (Å²) in [6, 6.07) is 10.1. The van der Waals surface area contributed by atoms with Crippen molar-refractivity contribution >= 4 is 11.0 Å². The molecular weight excluding hydrogens is 217 g/mol. The van der Waals surface area contributed by atoms with Gasteiger partial charge in [0.15, 0.2) is 0 Å². The molecule has 0 saturated heterocycles. The van der Waals surface area contributed by atoms with Crippen LogP contribution in [-0.4, -0.2) is 14.8 Å². The molecule has 0 aliphatic heterocycles. The molecule has 2 heterocycles. The molecule has 4 heteroatoms. The number of benzene rings is 1. The highest BCUT2D eigenvalue weighted by Crippen LogP contribution is 2.19. The van der Waals surface area contributed by atoms with Gasteiger partial charge < -0.3 is 0 Å². The fourth-order valence-electron chi connectivity index (χ4n) is 1.88. The average molecular weight is 227 g/mol. The summed E-state index contributed by atoms with van der Waals surface area (Å²) in [6.45, 7) is 1.91. The van der Waals surface area contributed by atoms with Crippen molar-refractivity contribution in [2.45, 2.75) is 6.92 Å². The zero-order valence-corrected chi connectivity index (χ0v) is 9.26. The number of pyridine rings is 1. The van der Waals surface area contributed by atoms with E-state index in [0.29, 0.717) is 0 Å². The van der Waals surface area contributed by atoms with Crippen molar-refractivity contribution in [3.05, 3.63) is 54.1 Å². The van der Waals surface area contributed by atoms with E-state index >= 15 is 0 Å². The van der Waals surface area contributed by atoms with Gasteiger partial charge in [0.25, 0.3) is 0 Å². The smallest absolute Gasteiger partial charge is 0.123 e. The lowest BCUT2D eigenvalue weighted by molar-refractivity contribution is 0.627. The molecule has 0 unspecified atom stereocenters. The minimum atomic E-state index is -0.250. The maximum Gasteiger partial charge on any atom is 0.123 e. The van der Waals surface area contributed by atoms with Gasteiger partial charge in [-0.25, -0.2) is 9.07 Å². The van der Waals surface area contributed by atoms with Crippen LogP contribution in [0, 0.1) is 12.7 Å². The summed E-state index contributed by atoms with van der Waals surface area (Å²) in [4.78, 5) is 4.29. The number of aromatic nitrogens is 3. The Morgan fingerprint density at radius 2 is 1.88 bits per heavy atom. The van der Waals surface area contributed by atoms with Crippen LogP contribution in [-0.2, 0) is 0 Å². The second-order valence-electron chi connectivity index (χ2n) is 3.84. The standard InChI is InChI=1S/C13H10FN3/c1-9-13-12(3-2-8-15-13)17(16-9)11-6-4-10(14)5-7-11/h2-8H,1H3. The molecule has 17 heavy (non-hydrogen) atoms. The van der Waals surface area contributed by atoms with E-state index in [9.17, 15) is 4.39 Å². The van der Waals surface area contributed by atoms with Crippen LogP contribution in [0.2, 0.25) is 0 Å². The third-order valence-corrected chi connectivity index (χ3v) is 2.68. The topological polar surface area (TPSA) is 30.7 Å². The lowest BCUT2D eigenvalue weighted by Crippen LogP contribution is -1.96. The minimum absolute atomic E-state index is 0.250. The Morgan fingerprint density at radius 1 is 1.12 bits per heavy atom. The predicted molar refractivity (Wildman–Crippen MR) is 63.6 cm³/mol. The maximum absolute atomic E-state index is 12.9. The van der Waals surface area contributed by atoms with E-state index in [1.807, 2.05) is 19.1 Å². The SMILES string of the molecule is Cc1nn(-c2ccc(F)cc2)c2cccnc12. The molecule has 0 radical (unpaired) electrons. The summed E-state index contributed by atoms with van der Waals surface area (Å²) in [5, 5.41) is 4.42. The summed E-state index contributed by atoms with van der Waals surface area (Å²) in [7, 11) is 0. The van der Waals surface area contributed by atoms with E-state index in [2.05, 4.69) is 10.1 Å². The second-order valence-corrected chi connectivity index (χ2v) is 3.84. The zero-order valence-electron chi connectivity index (χ0n) is 9.26. The van der Waals surface area contributed by atoms with E-state index in [4.69, 9.17) is 0 Å². The number of rotatable bonds is 1. The predicted octanol–water partition coefficient (Wildman–Crippen LogP) is 2.87. The van der Waals surface area contributed by atoms with Crippen LogP contribution in [0.5, 0.6) is 0 Å². The van der Waals surface area contributed by atoms with E-state index in [1.165, 1.54) is 12.1 Å². The minimum Gasteiger partial charge on any atom is -0.253 e. The highest BCUT2D eigenvalue weighted by Gasteiger charge is 2.08. The first-order chi connectivity index (χ1) is 8.25. The van der Waals surface area contributed by atoms with Gasteiger partial charge in [-0.2, -0.15) is 5.10 Å². The summed E-state index contributed by atoms with van der Waals surface area (Å²) in [5.41, 5.74) is 3.50. The number of nitrogens with zero attached hydrogens (tertiary/aromatic N) is 3. The first kappa shape index (κ1) is 9.96. The first-order valence-corrected chi connectivity index (χ1v) is 5.32. The zero-order chi connectivity index (χ0) is 11.8. The maximum atomic E-state index is 12.9. The Kier molecular flexibility index (Phi) is 2.14. The highest BCUT2D eigenvalue weighted by molar-refractivity contribution is 5.78. The molecule has 0 aliphatic rings. The van der Waals surface area contributed by atoms with Crippen LogP contribution < -0.4 is 0 Å². The molecule has 0 atom stereocenters. The second kappa shape index (κ2) is 3.66. The van der Waals surface area contributed by atoms with Crippen molar-refractivity contribution in [2.24, 2.45) is 0 Å². The molecule has 0 N–H and O–H groups in total. The Hall–Kier alpha value is -2.23. The van der Waals surface area contributed by atoms with Gasteiger partial charge in [0.05, 0.1) is 16.9 Å². The third-order valence-electron chi connectivity index (χ3n) is 2.68. The summed E-state index contributed by atoms with van der Waals surface area (Å²) < 4.78 is 14.7. The van der Waals surface area contributed by atoms with Gasteiger partial charge in [0.2, 0.25) is 0 Å². The van der Waals surface area contributed by atoms with Crippen molar-refractivity contribution in [1.82, 2.24) is 14.8 Å². The van der Waals surface area contributed by atoms with E-state index in [0.717, 1.165) is 22.4 Å². The highest BCUT2D eigenvalue weighted by atomic mass is 19.1. The number of fused-ring (bicyclic) bond motifs is 1. The van der Waals surface area contributed by atoms with Crippen LogP contribution in [0.15, 0.2) is 42.6 Å². The van der Waals surface area contributed by atoms with Crippen molar-refractivity contribution in [3.63, 3.8) is 0 Å². The van der Waals surface area contributed by atoms with Crippen molar-refractivity contribution < 1.29 is 4.39 Å². The number of hydrogen-bond acceptors (Lipinski definition) is 2. The van der Waals surface area contributed by atoms with Gasteiger partial charge in [0, 0.05) is 6.20 Å². The van der Waals surface area contributed by atoms with Gasteiger partial charge in [-0.05, 0) is 43.3 Å². The molecule has 0 aliphatic carbocycles. The fraction of sp³-hybridized carbons (Fsp3) is 0.0769. The van der Waals surface area contributed by atoms with Crippen molar-refractivity contribution in [1.29, 1.82) is 0 Å².